The molecule has 0 radical (unpaired) electrons. The largest absolute Gasteiger partial charge is 0.348 e. The van der Waals surface area contributed by atoms with Crippen molar-refractivity contribution in [3.05, 3.63) is 18.1 Å². The molecule has 18 heavy (non-hydrogen) atoms. The number of nitrogen functional groups attached to an aromatic ring is 1. The fourth-order valence-corrected chi connectivity index (χ4v) is 3.04. The highest BCUT2D eigenvalue weighted by molar-refractivity contribution is 7.85. The van der Waals surface area contributed by atoms with E-state index in [1.807, 2.05) is 0 Å². The van der Waals surface area contributed by atoms with Crippen LogP contribution >= 0.6 is 0 Å². The molecule has 1 fully saturated rings. The lowest BCUT2D eigenvalue weighted by Gasteiger charge is -2.22. The van der Waals surface area contributed by atoms with Gasteiger partial charge in [0.25, 0.3) is 5.91 Å². The van der Waals surface area contributed by atoms with E-state index < -0.39 is 10.8 Å². The van der Waals surface area contributed by atoms with Crippen molar-refractivity contribution >= 4 is 22.5 Å². The minimum atomic E-state index is -0.731. The average Bonchev–Trinajstić information content (AvgIpc) is 2.41. The van der Waals surface area contributed by atoms with E-state index in [2.05, 4.69) is 20.7 Å². The Labute approximate surface area is 107 Å². The Hall–Kier alpha value is -1.54. The maximum absolute atomic E-state index is 11.9. The van der Waals surface area contributed by atoms with Gasteiger partial charge in [-0.15, -0.1) is 0 Å². The molecular weight excluding hydrogens is 254 g/mol. The zero-order valence-electron chi connectivity index (χ0n) is 9.76. The van der Waals surface area contributed by atoms with Crippen molar-refractivity contribution in [3.8, 4) is 0 Å². The summed E-state index contributed by atoms with van der Waals surface area (Å²) in [7, 11) is -0.731. The van der Waals surface area contributed by atoms with Gasteiger partial charge >= 0.3 is 0 Å². The number of amides is 1. The first-order chi connectivity index (χ1) is 8.69. The Morgan fingerprint density at radius 2 is 2.11 bits per heavy atom. The standard InChI is InChI=1S/C10H15N5O2S/c11-15-9-6-12-5-8(14-9)10(16)13-7-1-3-18(17)4-2-7/h5-7H,1-4,11H2,(H,13,16)(H,14,15). The number of rotatable bonds is 3. The van der Waals surface area contributed by atoms with Crippen molar-refractivity contribution < 1.29 is 9.00 Å². The molecule has 1 aromatic heterocycles. The van der Waals surface area contributed by atoms with Crippen LogP contribution in [0.3, 0.4) is 0 Å². The van der Waals surface area contributed by atoms with Gasteiger partial charge in [-0.2, -0.15) is 0 Å². The van der Waals surface area contributed by atoms with Crippen LogP contribution in [0.2, 0.25) is 0 Å². The van der Waals surface area contributed by atoms with E-state index in [0.717, 1.165) is 12.8 Å². The maximum atomic E-state index is 11.9. The number of nitrogens with two attached hydrogens (primary N) is 1. The smallest absolute Gasteiger partial charge is 0.271 e. The van der Waals surface area contributed by atoms with E-state index in [-0.39, 0.29) is 17.6 Å². The first-order valence-electron chi connectivity index (χ1n) is 5.63. The van der Waals surface area contributed by atoms with Crippen LogP contribution in [0.5, 0.6) is 0 Å². The molecule has 1 aliphatic rings. The van der Waals surface area contributed by atoms with Gasteiger partial charge in [0.2, 0.25) is 0 Å². The predicted molar refractivity (Wildman–Crippen MR) is 68.2 cm³/mol. The van der Waals surface area contributed by atoms with Crippen LogP contribution in [0, 0.1) is 0 Å². The highest BCUT2D eigenvalue weighted by Gasteiger charge is 2.20. The number of nitrogens with one attached hydrogen (secondary N) is 2. The average molecular weight is 269 g/mol. The predicted octanol–water partition coefficient (Wildman–Crippen LogP) is -0.597. The third-order valence-electron chi connectivity index (χ3n) is 2.74. The summed E-state index contributed by atoms with van der Waals surface area (Å²) in [5.41, 5.74) is 2.56. The molecule has 0 aromatic carbocycles. The second-order valence-electron chi connectivity index (χ2n) is 4.03. The quantitative estimate of drug-likeness (QED) is 0.499. The van der Waals surface area contributed by atoms with Gasteiger partial charge in [-0.25, -0.2) is 10.8 Å². The Morgan fingerprint density at radius 1 is 1.39 bits per heavy atom. The fraction of sp³-hybridized carbons (Fsp3) is 0.500. The van der Waals surface area contributed by atoms with Crippen LogP contribution in [0.15, 0.2) is 12.4 Å². The summed E-state index contributed by atoms with van der Waals surface area (Å²) >= 11 is 0. The topological polar surface area (TPSA) is 110 Å². The molecule has 0 spiro atoms. The Balaban J connectivity index is 1.96. The van der Waals surface area contributed by atoms with Gasteiger partial charge in [-0.05, 0) is 12.8 Å². The molecule has 1 aliphatic heterocycles. The van der Waals surface area contributed by atoms with Crippen LogP contribution in [-0.2, 0) is 10.8 Å². The molecule has 8 heteroatoms. The lowest BCUT2D eigenvalue weighted by molar-refractivity contribution is 0.0929. The first-order valence-corrected chi connectivity index (χ1v) is 7.12. The zero-order chi connectivity index (χ0) is 13.0. The number of hydrogen-bond acceptors (Lipinski definition) is 6. The Morgan fingerprint density at radius 3 is 2.78 bits per heavy atom. The van der Waals surface area contributed by atoms with Gasteiger partial charge < -0.3 is 10.7 Å². The maximum Gasteiger partial charge on any atom is 0.271 e. The third-order valence-corrected chi connectivity index (χ3v) is 4.12. The van der Waals surface area contributed by atoms with Crippen molar-refractivity contribution in [1.82, 2.24) is 15.3 Å². The Bertz CT molecular complexity index is 457. The summed E-state index contributed by atoms with van der Waals surface area (Å²) in [6.45, 7) is 0. The van der Waals surface area contributed by atoms with Crippen LogP contribution in [0.4, 0.5) is 5.82 Å². The van der Waals surface area contributed by atoms with Gasteiger partial charge in [-0.1, -0.05) is 0 Å². The molecule has 1 saturated heterocycles. The monoisotopic (exact) mass is 269 g/mol. The van der Waals surface area contributed by atoms with Crippen molar-refractivity contribution in [3.63, 3.8) is 0 Å². The fourth-order valence-electron chi connectivity index (χ4n) is 1.74. The summed E-state index contributed by atoms with van der Waals surface area (Å²) in [4.78, 5) is 19.8. The summed E-state index contributed by atoms with van der Waals surface area (Å²) in [6.07, 6.45) is 4.29. The van der Waals surface area contributed by atoms with Gasteiger partial charge in [0.1, 0.15) is 5.69 Å². The Kier molecular flexibility index (Phi) is 4.21. The second kappa shape index (κ2) is 5.87. The van der Waals surface area contributed by atoms with E-state index >= 15 is 0 Å². The van der Waals surface area contributed by atoms with Gasteiger partial charge in [0.15, 0.2) is 5.82 Å². The highest BCUT2D eigenvalue weighted by Crippen LogP contribution is 2.10. The molecule has 0 atom stereocenters. The number of hydrogen-bond donors (Lipinski definition) is 3. The molecule has 0 aliphatic carbocycles. The number of anilines is 1. The van der Waals surface area contributed by atoms with Gasteiger partial charge in [0, 0.05) is 28.3 Å². The summed E-state index contributed by atoms with van der Waals surface area (Å²) in [6, 6.07) is 0.0616. The molecule has 0 saturated carbocycles. The molecule has 98 valence electrons. The van der Waals surface area contributed by atoms with E-state index in [1.165, 1.54) is 12.4 Å². The lowest BCUT2D eigenvalue weighted by atomic mass is 10.1. The lowest BCUT2D eigenvalue weighted by Crippen LogP contribution is -2.40. The second-order valence-corrected chi connectivity index (χ2v) is 5.73. The van der Waals surface area contributed by atoms with Crippen LogP contribution in [-0.4, -0.2) is 37.6 Å². The molecule has 4 N–H and O–H groups in total. The number of carbonyl (C=O) groups excluding carboxylic acids is 1. The van der Waals surface area contributed by atoms with E-state index in [0.29, 0.717) is 17.3 Å². The molecule has 0 bridgehead atoms. The van der Waals surface area contributed by atoms with E-state index in [4.69, 9.17) is 5.84 Å². The van der Waals surface area contributed by atoms with Crippen molar-refractivity contribution in [2.75, 3.05) is 16.9 Å². The molecule has 1 amide bonds. The van der Waals surface area contributed by atoms with Crippen LogP contribution in [0.25, 0.3) is 0 Å². The zero-order valence-corrected chi connectivity index (χ0v) is 10.6. The molecule has 1 aromatic rings. The van der Waals surface area contributed by atoms with Crippen molar-refractivity contribution in [1.29, 1.82) is 0 Å². The third kappa shape index (κ3) is 3.23. The molecule has 2 rings (SSSR count). The van der Waals surface area contributed by atoms with E-state index in [9.17, 15) is 9.00 Å². The summed E-state index contributed by atoms with van der Waals surface area (Å²) < 4.78 is 11.2. The number of nitrogens with zero attached hydrogens (tertiary/aromatic N) is 2. The normalized spacial score (nSPS) is 23.4. The SMILES string of the molecule is NNc1cncc(C(=O)NC2CCS(=O)CC2)n1. The van der Waals surface area contributed by atoms with Crippen LogP contribution < -0.4 is 16.6 Å². The molecule has 7 nitrogen and oxygen atoms in total. The number of carbonyl (C=O) groups is 1. The number of aromatic nitrogens is 2. The molecule has 2 heterocycles. The molecular formula is C10H15N5O2S. The van der Waals surface area contributed by atoms with Crippen molar-refractivity contribution in [2.45, 2.75) is 18.9 Å². The van der Waals surface area contributed by atoms with Gasteiger partial charge in [-0.3, -0.25) is 14.0 Å². The van der Waals surface area contributed by atoms with E-state index in [1.54, 1.807) is 0 Å². The first kappa shape index (κ1) is 12.9. The highest BCUT2D eigenvalue weighted by atomic mass is 32.2. The van der Waals surface area contributed by atoms with Gasteiger partial charge in [0.05, 0.1) is 12.4 Å². The minimum absolute atomic E-state index is 0.0616. The summed E-state index contributed by atoms with van der Waals surface area (Å²) in [5, 5.41) is 2.86. The van der Waals surface area contributed by atoms with Crippen molar-refractivity contribution in [2.24, 2.45) is 5.84 Å². The van der Waals surface area contributed by atoms with Crippen LogP contribution in [0.1, 0.15) is 23.3 Å². The minimum Gasteiger partial charge on any atom is -0.348 e. The summed E-state index contributed by atoms with van der Waals surface area (Å²) in [5.74, 6) is 6.54. The number of hydrazine groups is 1. The molecule has 0 unspecified atom stereocenters.